The van der Waals surface area contributed by atoms with Crippen molar-refractivity contribution in [3.05, 3.63) is 33.3 Å². The maximum absolute atomic E-state index is 11.1. The van der Waals surface area contributed by atoms with Crippen molar-refractivity contribution in [1.82, 2.24) is 0 Å². The van der Waals surface area contributed by atoms with Crippen LogP contribution in [0.1, 0.15) is 0 Å². The molecule has 1 rings (SSSR count). The van der Waals surface area contributed by atoms with Gasteiger partial charge in [0.05, 0.1) is 22.2 Å². The number of aliphatic hydroxyl groups excluding tert-OH is 1. The summed E-state index contributed by atoms with van der Waals surface area (Å²) in [7, 11) is 0. The van der Waals surface area contributed by atoms with Crippen LogP contribution in [-0.4, -0.2) is 29.3 Å². The second-order valence-corrected chi connectivity index (χ2v) is 3.31. The zero-order valence-corrected chi connectivity index (χ0v) is 9.31. The van der Waals surface area contributed by atoms with Crippen LogP contribution in [0.2, 0.25) is 5.02 Å². The van der Waals surface area contributed by atoms with Crippen LogP contribution in [0.25, 0.3) is 0 Å². The average Bonchev–Trinajstić information content (AvgIpc) is 2.29. The number of carbonyl (C=O) groups excluding carboxylic acids is 1. The summed E-state index contributed by atoms with van der Waals surface area (Å²) in [5.41, 5.74) is -0.129. The minimum Gasteiger partial charge on any atom is -0.447 e. The third-order valence-electron chi connectivity index (χ3n) is 1.72. The molecule has 1 aromatic rings. The number of anilines is 1. The van der Waals surface area contributed by atoms with Gasteiger partial charge >= 0.3 is 6.09 Å². The molecule has 0 aliphatic heterocycles. The summed E-state index contributed by atoms with van der Waals surface area (Å²) >= 11 is 5.74. The van der Waals surface area contributed by atoms with Gasteiger partial charge in [-0.15, -0.1) is 0 Å². The van der Waals surface area contributed by atoms with Crippen LogP contribution in [0.3, 0.4) is 0 Å². The fourth-order valence-electron chi connectivity index (χ4n) is 1.01. The molecule has 0 saturated heterocycles. The van der Waals surface area contributed by atoms with E-state index in [2.05, 4.69) is 10.1 Å². The highest BCUT2D eigenvalue weighted by Gasteiger charge is 2.12. The van der Waals surface area contributed by atoms with Crippen molar-refractivity contribution in [2.75, 3.05) is 18.5 Å². The number of nitrogens with zero attached hydrogens (tertiary/aromatic N) is 1. The Kier molecular flexibility index (Phi) is 4.68. The van der Waals surface area contributed by atoms with E-state index in [1.54, 1.807) is 0 Å². The van der Waals surface area contributed by atoms with Crippen molar-refractivity contribution >= 4 is 29.1 Å². The monoisotopic (exact) mass is 260 g/mol. The van der Waals surface area contributed by atoms with Crippen molar-refractivity contribution in [3.8, 4) is 0 Å². The van der Waals surface area contributed by atoms with E-state index >= 15 is 0 Å². The molecule has 0 atom stereocenters. The molecule has 92 valence electrons. The summed E-state index contributed by atoms with van der Waals surface area (Å²) in [6.07, 6.45) is -0.846. The van der Waals surface area contributed by atoms with Gasteiger partial charge in [-0.25, -0.2) is 4.79 Å². The molecule has 0 spiro atoms. The Labute approximate surface area is 101 Å². The number of rotatable bonds is 4. The Hall–Kier alpha value is -1.86. The molecule has 1 aromatic carbocycles. The number of carbonyl (C=O) groups is 1. The lowest BCUT2D eigenvalue weighted by atomic mass is 10.3. The molecule has 0 unspecified atom stereocenters. The predicted molar refractivity (Wildman–Crippen MR) is 60.2 cm³/mol. The number of benzene rings is 1. The van der Waals surface area contributed by atoms with E-state index in [4.69, 9.17) is 16.7 Å². The summed E-state index contributed by atoms with van der Waals surface area (Å²) in [4.78, 5) is 21.0. The van der Waals surface area contributed by atoms with Gasteiger partial charge in [-0.2, -0.15) is 0 Å². The number of hydrogen-bond acceptors (Lipinski definition) is 5. The summed E-state index contributed by atoms with van der Waals surface area (Å²) in [5, 5.41) is 21.3. The normalized spacial score (nSPS) is 9.76. The third-order valence-corrected chi connectivity index (χ3v) is 2.05. The number of amides is 1. The SMILES string of the molecule is O=C(Nc1cc([N+](=O)[O-])ccc1Cl)OCCO. The van der Waals surface area contributed by atoms with E-state index in [1.165, 1.54) is 12.1 Å². The Morgan fingerprint density at radius 1 is 1.59 bits per heavy atom. The maximum atomic E-state index is 11.1. The van der Waals surface area contributed by atoms with Crippen LogP contribution in [-0.2, 0) is 4.74 Å². The van der Waals surface area contributed by atoms with Crippen LogP contribution in [0.5, 0.6) is 0 Å². The van der Waals surface area contributed by atoms with Crippen molar-refractivity contribution < 1.29 is 19.6 Å². The molecule has 0 bridgehead atoms. The Balaban J connectivity index is 2.79. The van der Waals surface area contributed by atoms with Gasteiger partial charge in [-0.3, -0.25) is 15.4 Å². The Bertz CT molecular complexity index is 437. The van der Waals surface area contributed by atoms with Gasteiger partial charge in [0.1, 0.15) is 6.61 Å². The van der Waals surface area contributed by atoms with Crippen LogP contribution in [0.15, 0.2) is 18.2 Å². The van der Waals surface area contributed by atoms with E-state index in [1.807, 2.05) is 0 Å². The van der Waals surface area contributed by atoms with Crippen LogP contribution < -0.4 is 5.32 Å². The molecule has 17 heavy (non-hydrogen) atoms. The van der Waals surface area contributed by atoms with Gasteiger partial charge in [0, 0.05) is 12.1 Å². The molecule has 0 radical (unpaired) electrons. The van der Waals surface area contributed by atoms with Crippen molar-refractivity contribution in [2.24, 2.45) is 0 Å². The first-order valence-corrected chi connectivity index (χ1v) is 4.91. The zero-order chi connectivity index (χ0) is 12.8. The highest BCUT2D eigenvalue weighted by atomic mass is 35.5. The first kappa shape index (κ1) is 13.2. The minimum atomic E-state index is -0.846. The van der Waals surface area contributed by atoms with Gasteiger partial charge in [0.2, 0.25) is 0 Å². The van der Waals surface area contributed by atoms with Crippen molar-refractivity contribution in [1.29, 1.82) is 0 Å². The Morgan fingerprint density at radius 2 is 2.29 bits per heavy atom. The smallest absolute Gasteiger partial charge is 0.411 e. The summed E-state index contributed by atoms with van der Waals surface area (Å²) in [6, 6.07) is 3.62. The molecule has 0 aliphatic rings. The minimum absolute atomic E-state index is 0.0730. The van der Waals surface area contributed by atoms with Crippen molar-refractivity contribution in [3.63, 3.8) is 0 Å². The molecule has 0 aliphatic carbocycles. The molecular formula is C9H9ClN2O5. The number of nitro benzene ring substituents is 1. The van der Waals surface area contributed by atoms with Gasteiger partial charge in [0.15, 0.2) is 0 Å². The van der Waals surface area contributed by atoms with Crippen LogP contribution in [0, 0.1) is 10.1 Å². The molecule has 1 amide bonds. The van der Waals surface area contributed by atoms with Gasteiger partial charge in [0.25, 0.3) is 5.69 Å². The van der Waals surface area contributed by atoms with E-state index < -0.39 is 11.0 Å². The second-order valence-electron chi connectivity index (χ2n) is 2.91. The average molecular weight is 261 g/mol. The number of nitro groups is 1. The topological polar surface area (TPSA) is 102 Å². The van der Waals surface area contributed by atoms with Crippen LogP contribution >= 0.6 is 11.6 Å². The fraction of sp³-hybridized carbons (Fsp3) is 0.222. The number of ether oxygens (including phenoxy) is 1. The second kappa shape index (κ2) is 6.02. The lowest BCUT2D eigenvalue weighted by Crippen LogP contribution is -2.16. The lowest BCUT2D eigenvalue weighted by Gasteiger charge is -2.07. The van der Waals surface area contributed by atoms with E-state index in [9.17, 15) is 14.9 Å². The summed E-state index contributed by atoms with van der Waals surface area (Å²) < 4.78 is 4.52. The fourth-order valence-corrected chi connectivity index (χ4v) is 1.17. The highest BCUT2D eigenvalue weighted by Crippen LogP contribution is 2.26. The zero-order valence-electron chi connectivity index (χ0n) is 8.55. The third kappa shape index (κ3) is 3.89. The number of aliphatic hydroxyl groups is 1. The summed E-state index contributed by atoms with van der Waals surface area (Å²) in [5.74, 6) is 0. The lowest BCUT2D eigenvalue weighted by molar-refractivity contribution is -0.384. The number of halogens is 1. The van der Waals surface area contributed by atoms with E-state index in [-0.39, 0.29) is 29.6 Å². The van der Waals surface area contributed by atoms with Crippen LogP contribution in [0.4, 0.5) is 16.2 Å². The summed E-state index contributed by atoms with van der Waals surface area (Å²) in [6.45, 7) is -0.478. The number of non-ortho nitro benzene ring substituents is 1. The Morgan fingerprint density at radius 3 is 2.88 bits per heavy atom. The molecule has 8 heteroatoms. The number of nitrogens with one attached hydrogen (secondary N) is 1. The van der Waals surface area contributed by atoms with Gasteiger partial charge in [-0.05, 0) is 6.07 Å². The quantitative estimate of drug-likeness (QED) is 0.635. The molecule has 0 saturated carbocycles. The molecule has 7 nitrogen and oxygen atoms in total. The predicted octanol–water partition coefficient (Wildman–Crippen LogP) is 1.79. The van der Waals surface area contributed by atoms with Crippen molar-refractivity contribution in [2.45, 2.75) is 0 Å². The number of hydrogen-bond donors (Lipinski definition) is 2. The maximum Gasteiger partial charge on any atom is 0.411 e. The standard InChI is InChI=1S/C9H9ClN2O5/c10-7-2-1-6(12(15)16)5-8(7)11-9(14)17-4-3-13/h1-2,5,13H,3-4H2,(H,11,14). The molecule has 0 heterocycles. The largest absolute Gasteiger partial charge is 0.447 e. The molecule has 0 fully saturated rings. The highest BCUT2D eigenvalue weighted by molar-refractivity contribution is 6.33. The van der Waals surface area contributed by atoms with E-state index in [0.29, 0.717) is 0 Å². The van der Waals surface area contributed by atoms with Gasteiger partial charge < -0.3 is 9.84 Å². The molecule has 2 N–H and O–H groups in total. The first-order valence-electron chi connectivity index (χ1n) is 4.53. The molecule has 0 aromatic heterocycles. The molecular weight excluding hydrogens is 252 g/mol. The van der Waals surface area contributed by atoms with Gasteiger partial charge in [-0.1, -0.05) is 11.6 Å². The first-order chi connectivity index (χ1) is 8.04. The van der Waals surface area contributed by atoms with E-state index in [0.717, 1.165) is 6.07 Å².